The molecule has 1 rings (SSSR count). The molecule has 1 aromatic carbocycles. The predicted molar refractivity (Wildman–Crippen MR) is 58.5 cm³/mol. The first-order valence-electron chi connectivity index (χ1n) is 3.75. The smallest absolute Gasteiger partial charge is 0.358 e. The maximum Gasteiger partial charge on any atom is 3.00 e. The molecular weight excluding hydrogens is 196 g/mol. The molecule has 0 heterocycles. The van der Waals surface area contributed by atoms with E-state index in [-0.39, 0.29) is 32.2 Å². The van der Waals surface area contributed by atoms with Crippen molar-refractivity contribution in [1.82, 2.24) is 0 Å². The summed E-state index contributed by atoms with van der Waals surface area (Å²) < 4.78 is 0. The summed E-state index contributed by atoms with van der Waals surface area (Å²) in [6, 6.07) is 0. The maximum atomic E-state index is 2.20. The van der Waals surface area contributed by atoms with Crippen LogP contribution in [-0.2, 0) is 17.4 Å². The molecule has 0 fully saturated rings. The molecule has 0 aromatic heterocycles. The molecule has 0 unspecified atom stereocenters. The largest absolute Gasteiger partial charge is 3.00 e. The van der Waals surface area contributed by atoms with Crippen LogP contribution in [0.25, 0.3) is 0 Å². The zero-order chi connectivity index (χ0) is 7.89. The van der Waals surface area contributed by atoms with E-state index >= 15 is 0 Å². The van der Waals surface area contributed by atoms with E-state index in [0.29, 0.717) is 0 Å². The standard InChI is InChI=1S/C10H15.2CH3.Cr/c1-6-7(2)9(4)10(5)8(6)3;;;/h1-5H3;2*1H3;/q3*-1;+3. The predicted octanol–water partition coefficient (Wildman–Crippen LogP) is 3.85. The molecule has 0 N–H and O–H groups in total. The van der Waals surface area contributed by atoms with Crippen molar-refractivity contribution in [2.45, 2.75) is 34.6 Å². The van der Waals surface area contributed by atoms with Gasteiger partial charge in [0, 0.05) is 0 Å². The summed E-state index contributed by atoms with van der Waals surface area (Å²) >= 11 is 0. The van der Waals surface area contributed by atoms with Crippen LogP contribution >= 0.6 is 0 Å². The van der Waals surface area contributed by atoms with Crippen molar-refractivity contribution in [3.63, 3.8) is 0 Å². The van der Waals surface area contributed by atoms with E-state index in [0.717, 1.165) is 0 Å². The van der Waals surface area contributed by atoms with Gasteiger partial charge >= 0.3 is 17.4 Å². The van der Waals surface area contributed by atoms with Gasteiger partial charge in [-0.25, -0.2) is 0 Å². The van der Waals surface area contributed by atoms with Crippen LogP contribution in [0.2, 0.25) is 0 Å². The third-order valence-corrected chi connectivity index (χ3v) is 2.81. The van der Waals surface area contributed by atoms with Gasteiger partial charge in [0.1, 0.15) is 0 Å². The molecule has 1 radical (unpaired) electrons. The van der Waals surface area contributed by atoms with E-state index in [1.165, 1.54) is 27.8 Å². The Hall–Kier alpha value is -0.118. The molecule has 0 nitrogen and oxygen atoms in total. The van der Waals surface area contributed by atoms with Gasteiger partial charge in [0.2, 0.25) is 0 Å². The Morgan fingerprint density at radius 2 is 1.00 bits per heavy atom. The third-order valence-electron chi connectivity index (χ3n) is 2.81. The van der Waals surface area contributed by atoms with Crippen molar-refractivity contribution in [1.29, 1.82) is 0 Å². The van der Waals surface area contributed by atoms with Gasteiger partial charge in [-0.05, 0) is 0 Å². The van der Waals surface area contributed by atoms with Gasteiger partial charge in [0.05, 0.1) is 0 Å². The normalized spacial score (nSPS) is 8.08. The Kier molecular flexibility index (Phi) is 9.10. The monoisotopic (exact) mass is 217 g/mol. The molecule has 13 heavy (non-hydrogen) atoms. The topological polar surface area (TPSA) is 0 Å². The van der Waals surface area contributed by atoms with E-state index < -0.39 is 0 Å². The molecule has 0 bridgehead atoms. The molecule has 0 aliphatic rings. The molecule has 0 atom stereocenters. The first-order chi connectivity index (χ1) is 4.55. The molecule has 0 saturated carbocycles. The average molecular weight is 217 g/mol. The Labute approximate surface area is 94.9 Å². The van der Waals surface area contributed by atoms with Crippen LogP contribution in [-0.4, -0.2) is 0 Å². The summed E-state index contributed by atoms with van der Waals surface area (Å²) in [5.74, 6) is 0. The van der Waals surface area contributed by atoms with E-state index in [2.05, 4.69) is 34.6 Å². The Balaban J connectivity index is -0.000000333. The number of rotatable bonds is 0. The first kappa shape index (κ1) is 18.6. The number of hydrogen-bond donors (Lipinski definition) is 0. The third kappa shape index (κ3) is 2.94. The van der Waals surface area contributed by atoms with Gasteiger partial charge in [-0.1, -0.05) is 34.6 Å². The number of hydrogen-bond acceptors (Lipinski definition) is 0. The molecular formula is C12H21Cr. The SMILES string of the molecule is Cc1c(C)c(C)[c-](C)c1C.[CH3-].[CH3-].[Cr+3]. The quantitative estimate of drug-likeness (QED) is 0.579. The van der Waals surface area contributed by atoms with Crippen LogP contribution in [0.4, 0.5) is 0 Å². The van der Waals surface area contributed by atoms with Crippen molar-refractivity contribution < 1.29 is 17.4 Å². The minimum Gasteiger partial charge on any atom is -0.358 e. The van der Waals surface area contributed by atoms with E-state index in [1.807, 2.05) is 0 Å². The summed E-state index contributed by atoms with van der Waals surface area (Å²) in [6.07, 6.45) is 0. The van der Waals surface area contributed by atoms with Crippen LogP contribution in [0.15, 0.2) is 0 Å². The van der Waals surface area contributed by atoms with Crippen LogP contribution < -0.4 is 0 Å². The fourth-order valence-electron chi connectivity index (χ4n) is 1.41. The Morgan fingerprint density at radius 1 is 0.769 bits per heavy atom. The Morgan fingerprint density at radius 3 is 1.08 bits per heavy atom. The van der Waals surface area contributed by atoms with E-state index in [9.17, 15) is 0 Å². The van der Waals surface area contributed by atoms with Crippen molar-refractivity contribution in [2.24, 2.45) is 0 Å². The fourth-order valence-corrected chi connectivity index (χ4v) is 1.41. The second-order valence-electron chi connectivity index (χ2n) is 3.12. The zero-order valence-corrected chi connectivity index (χ0v) is 11.2. The van der Waals surface area contributed by atoms with Gasteiger partial charge in [-0.3, -0.25) is 0 Å². The molecule has 0 spiro atoms. The average Bonchev–Trinajstić information content (AvgIpc) is 2.07. The van der Waals surface area contributed by atoms with Crippen molar-refractivity contribution >= 4 is 0 Å². The maximum absolute atomic E-state index is 2.20. The second kappa shape index (κ2) is 6.35. The molecule has 0 amide bonds. The molecule has 75 valence electrons. The van der Waals surface area contributed by atoms with Gasteiger partial charge in [-0.2, -0.15) is 27.8 Å². The molecule has 1 heteroatoms. The van der Waals surface area contributed by atoms with Gasteiger partial charge in [0.15, 0.2) is 0 Å². The zero-order valence-electron chi connectivity index (χ0n) is 9.91. The second-order valence-corrected chi connectivity index (χ2v) is 3.12. The minimum atomic E-state index is 0. The molecule has 0 aliphatic carbocycles. The fraction of sp³-hybridized carbons (Fsp3) is 0.417. The van der Waals surface area contributed by atoms with Crippen LogP contribution in [0.5, 0.6) is 0 Å². The first-order valence-corrected chi connectivity index (χ1v) is 3.75. The molecule has 1 aromatic rings. The van der Waals surface area contributed by atoms with Gasteiger partial charge in [0.25, 0.3) is 0 Å². The van der Waals surface area contributed by atoms with Gasteiger partial charge in [-0.15, -0.1) is 0 Å². The summed E-state index contributed by atoms with van der Waals surface area (Å²) in [4.78, 5) is 0. The van der Waals surface area contributed by atoms with Crippen molar-refractivity contribution in [2.75, 3.05) is 0 Å². The van der Waals surface area contributed by atoms with E-state index in [1.54, 1.807) is 0 Å². The molecule has 0 aliphatic heterocycles. The minimum absolute atomic E-state index is 0. The van der Waals surface area contributed by atoms with Crippen LogP contribution in [0.1, 0.15) is 27.8 Å². The van der Waals surface area contributed by atoms with Gasteiger partial charge < -0.3 is 14.9 Å². The van der Waals surface area contributed by atoms with Crippen LogP contribution in [0.3, 0.4) is 0 Å². The summed E-state index contributed by atoms with van der Waals surface area (Å²) in [5.41, 5.74) is 7.34. The van der Waals surface area contributed by atoms with E-state index in [4.69, 9.17) is 0 Å². The van der Waals surface area contributed by atoms with Crippen molar-refractivity contribution in [3.8, 4) is 0 Å². The summed E-state index contributed by atoms with van der Waals surface area (Å²) in [7, 11) is 0. The Bertz CT molecular complexity index is 176. The summed E-state index contributed by atoms with van der Waals surface area (Å²) in [5, 5.41) is 0. The summed E-state index contributed by atoms with van der Waals surface area (Å²) in [6.45, 7) is 11.0. The van der Waals surface area contributed by atoms with Crippen LogP contribution in [0, 0.1) is 49.5 Å². The van der Waals surface area contributed by atoms with Crippen molar-refractivity contribution in [3.05, 3.63) is 42.7 Å². The molecule has 0 saturated heterocycles.